The van der Waals surface area contributed by atoms with Crippen molar-refractivity contribution in [1.29, 1.82) is 0 Å². The number of imide groups is 1. The highest BCUT2D eigenvalue weighted by Gasteiger charge is 2.72. The SMILES string of the molecule is CC(F)(F)[C@@H]1N(C(=O)c2ccccc2)C(=O)[C@]1(C)O[Si](C)(C)C(C)(C)C.CC(F)(F)[C@@H]1NC(=O)[C@]1(C)O[Si](C)(C)C(C)(C)C.COc1ccc(N2C(=O)[C@](C)(O)[C@@H]2C(C)(F)F)cc1.COc1ccc(N2C(=O)[C@](C)(O[Si](C)(C)C(C)(C)C)[C@@H]2C(C)(F)F)cc1.COc1ccc(N=CC(C)(F)F)cc1.C[C@@H]1O[C@](C)(C(C)(C)C)OC1=O. The fraction of sp³-hybridized carbons (Fsp3) is 0.622. The van der Waals surface area contributed by atoms with Gasteiger partial charge < -0.3 is 47.4 Å². The van der Waals surface area contributed by atoms with E-state index in [-0.39, 0.29) is 32.1 Å². The van der Waals surface area contributed by atoms with Gasteiger partial charge in [-0.2, -0.15) is 0 Å². The average Bonchev–Trinajstić information content (AvgIpc) is 1.56. The summed E-state index contributed by atoms with van der Waals surface area (Å²) in [6, 6.07) is 21.4. The van der Waals surface area contributed by atoms with E-state index in [9.17, 15) is 77.8 Å². The maximum absolute atomic E-state index is 14.5. The van der Waals surface area contributed by atoms with Gasteiger partial charge in [-0.15, -0.1) is 0 Å². The van der Waals surface area contributed by atoms with Crippen LogP contribution in [0, 0.1) is 5.41 Å². The van der Waals surface area contributed by atoms with Gasteiger partial charge in [-0.05, 0) is 174 Å². The number of methoxy groups -OCH3 is 3. The number of hydrogen-bond donors (Lipinski definition) is 2. The van der Waals surface area contributed by atoms with Crippen LogP contribution in [-0.2, 0) is 46.7 Å². The number of amides is 5. The number of esters is 1. The van der Waals surface area contributed by atoms with E-state index in [1.54, 1.807) is 99.8 Å². The minimum Gasteiger partial charge on any atom is -0.497 e. The van der Waals surface area contributed by atoms with Crippen LogP contribution in [-0.4, -0.2) is 186 Å². The zero-order valence-corrected chi connectivity index (χ0v) is 75.5. The van der Waals surface area contributed by atoms with Gasteiger partial charge in [0.05, 0.1) is 33.2 Å². The van der Waals surface area contributed by atoms with E-state index < -0.39 is 143 Å². The largest absolute Gasteiger partial charge is 0.497 e. The Kier molecular flexibility index (Phi) is 30.1. The van der Waals surface area contributed by atoms with Crippen molar-refractivity contribution in [1.82, 2.24) is 10.2 Å². The molecule has 5 aliphatic heterocycles. The molecule has 5 aliphatic rings. The maximum Gasteiger partial charge on any atom is 0.337 e. The van der Waals surface area contributed by atoms with Crippen molar-refractivity contribution in [2.24, 2.45) is 10.4 Å². The quantitative estimate of drug-likeness (QED) is 0.0236. The van der Waals surface area contributed by atoms with Gasteiger partial charge in [0.25, 0.3) is 59.1 Å². The average molecular weight is 1690 g/mol. The van der Waals surface area contributed by atoms with Gasteiger partial charge in [-0.3, -0.25) is 43.7 Å². The number of hydrogen-bond acceptors (Lipinski definition) is 16. The maximum atomic E-state index is 14.5. The van der Waals surface area contributed by atoms with Gasteiger partial charge in [0, 0.05) is 63.9 Å². The van der Waals surface area contributed by atoms with Crippen LogP contribution in [0.3, 0.4) is 0 Å². The smallest absolute Gasteiger partial charge is 0.337 e. The number of aliphatic imine (C=N–C) groups is 1. The fourth-order valence-corrected chi connectivity index (χ4v) is 17.1. The summed E-state index contributed by atoms with van der Waals surface area (Å²) in [5, 5.41) is 11.5. The van der Waals surface area contributed by atoms with E-state index >= 15 is 0 Å². The van der Waals surface area contributed by atoms with Gasteiger partial charge in [0.2, 0.25) is 5.79 Å². The first-order valence-corrected chi connectivity index (χ1v) is 46.2. The molecule has 9 rings (SSSR count). The molecule has 5 heterocycles. The lowest BCUT2D eigenvalue weighted by molar-refractivity contribution is -0.216. The first-order valence-electron chi connectivity index (χ1n) is 37.5. The van der Waals surface area contributed by atoms with Crippen LogP contribution in [0.15, 0.2) is 108 Å². The van der Waals surface area contributed by atoms with Gasteiger partial charge >= 0.3 is 5.97 Å². The number of nitrogens with zero attached hydrogens (tertiary/aromatic N) is 4. The molecular weight excluding hydrogens is 1570 g/mol. The van der Waals surface area contributed by atoms with Crippen LogP contribution in [0.5, 0.6) is 17.2 Å². The van der Waals surface area contributed by atoms with Crippen molar-refractivity contribution in [2.45, 2.75) is 302 Å². The summed E-state index contributed by atoms with van der Waals surface area (Å²) >= 11 is 0. The Morgan fingerprint density at radius 3 is 1.13 bits per heavy atom. The molecule has 0 saturated carbocycles. The molecule has 33 heteroatoms. The molecule has 0 spiro atoms. The van der Waals surface area contributed by atoms with Gasteiger partial charge in [-0.1, -0.05) is 101 Å². The number of carbonyl (C=O) groups excluding carboxylic acids is 6. The number of alkyl halides is 10. The summed E-state index contributed by atoms with van der Waals surface area (Å²) in [5.41, 5.74) is -5.50. The van der Waals surface area contributed by atoms with E-state index in [1.165, 1.54) is 59.3 Å². The van der Waals surface area contributed by atoms with Crippen molar-refractivity contribution in [3.8, 4) is 17.2 Å². The molecule has 10 atom stereocenters. The first-order chi connectivity index (χ1) is 51.5. The van der Waals surface area contributed by atoms with E-state index in [0.29, 0.717) is 52.3 Å². The van der Waals surface area contributed by atoms with E-state index in [0.717, 1.165) is 44.4 Å². The summed E-state index contributed by atoms with van der Waals surface area (Å²) in [4.78, 5) is 79.4. The predicted octanol–water partition coefficient (Wildman–Crippen LogP) is 18.8. The highest BCUT2D eigenvalue weighted by Crippen LogP contribution is 2.53. The van der Waals surface area contributed by atoms with Crippen LogP contribution < -0.4 is 29.3 Å². The molecule has 0 radical (unpaired) electrons. The second-order valence-electron chi connectivity index (χ2n) is 36.4. The normalized spacial score (nSPS) is 25.5. The zero-order chi connectivity index (χ0) is 89.4. The highest BCUT2D eigenvalue weighted by molar-refractivity contribution is 6.75. The predicted molar refractivity (Wildman–Crippen MR) is 431 cm³/mol. The van der Waals surface area contributed by atoms with Crippen LogP contribution in [0.25, 0.3) is 0 Å². The Morgan fingerprint density at radius 1 is 0.487 bits per heavy atom. The summed E-state index contributed by atoms with van der Waals surface area (Å²) in [6.07, 6.45) is 0.184. The second kappa shape index (κ2) is 34.6. The van der Waals surface area contributed by atoms with Crippen LogP contribution in [0.4, 0.5) is 61.0 Å². The van der Waals surface area contributed by atoms with Gasteiger partial charge in [0.1, 0.15) is 41.4 Å². The first kappa shape index (κ1) is 100. The number of rotatable bonds is 18. The minimum atomic E-state index is -3.28. The number of benzene rings is 4. The Morgan fingerprint density at radius 2 is 0.835 bits per heavy atom. The number of β-lactam (4-membered cyclic amide) rings is 4. The molecule has 4 aromatic carbocycles. The number of halogens is 10. The molecule has 0 aromatic heterocycles. The van der Waals surface area contributed by atoms with Gasteiger partial charge in [-0.25, -0.2) is 48.7 Å². The van der Waals surface area contributed by atoms with Crippen molar-refractivity contribution in [3.05, 3.63) is 109 Å². The molecule has 646 valence electrons. The fourth-order valence-electron chi connectivity index (χ4n) is 12.4. The Balaban J connectivity index is 0.000000296. The van der Waals surface area contributed by atoms with Crippen molar-refractivity contribution >= 4 is 83.7 Å². The summed E-state index contributed by atoms with van der Waals surface area (Å²) in [6.45, 7) is 48.4. The van der Waals surface area contributed by atoms with E-state index in [1.807, 2.05) is 122 Å². The minimum absolute atomic E-state index is 0.126. The summed E-state index contributed by atoms with van der Waals surface area (Å²) in [5.74, 6) is -17.7. The van der Waals surface area contributed by atoms with E-state index in [2.05, 4.69) is 10.3 Å². The lowest BCUT2D eigenvalue weighted by atomic mass is 9.79. The molecule has 0 bridgehead atoms. The number of aliphatic hydroxyl groups is 1. The number of ether oxygens (including phenoxy) is 5. The lowest BCUT2D eigenvalue weighted by Crippen LogP contribution is -2.81. The van der Waals surface area contributed by atoms with E-state index in [4.69, 9.17) is 37.0 Å². The Bertz CT molecular complexity index is 4070. The summed E-state index contributed by atoms with van der Waals surface area (Å²) < 4.78 is 180. The number of nitrogens with one attached hydrogen (secondary N) is 1. The third kappa shape index (κ3) is 22.8. The van der Waals surface area contributed by atoms with Gasteiger partial charge in [0.15, 0.2) is 53.5 Å². The molecular formula is C82H121F10N5O15Si3. The topological polar surface area (TPSA) is 231 Å². The highest BCUT2D eigenvalue weighted by atomic mass is 28.4. The Labute approximate surface area is 674 Å². The van der Waals surface area contributed by atoms with Crippen molar-refractivity contribution in [3.63, 3.8) is 0 Å². The van der Waals surface area contributed by atoms with Crippen LogP contribution in [0.2, 0.25) is 54.4 Å². The molecule has 20 nitrogen and oxygen atoms in total. The summed E-state index contributed by atoms with van der Waals surface area (Å²) in [7, 11) is -2.64. The van der Waals surface area contributed by atoms with Crippen molar-refractivity contribution in [2.75, 3.05) is 31.1 Å². The van der Waals surface area contributed by atoms with Crippen molar-refractivity contribution < 1.29 is 115 Å². The standard InChI is InChI=1S/C19H29F2NO3Si.C19H27F2NO3Si.C13H15F2NO3.C12H23F2NO2Si.C10H11F2NO.C9H16O3/c1-17(2,3)26(7,8)25-18(4)15(19(5,20)21)22(16(18)23)13-9-11-14(24-6)12-10-13;1-17(2,3)26(6,7)25-18(4)15(19(5,20)21)22(16(18)24)14(23)13-11-9-8-10-12-13;1-12(18)10(13(2,14)15)16(11(12)17)8-4-6-9(19-3)7-5-8;1-10(2,3)18(6,7)17-11(4)8(12(5,13)14)15-9(11)16;1-10(11,12)7-13-8-3-5-9(14-2)6-4-8;1-6-7(10)12-9(5,11-6)8(2,3)4/h9-12,15H,1-8H3;8-12,15H,1-7H3;4-7,10,18H,1-3H3;8H,1-7H3,(H,15,16);3-7H,1-2H3;6H,1-5H3/t2*15-,18-;10-,12-;8-,11-;;6-,9-/m1111.0/s1. The monoisotopic (exact) mass is 1690 g/mol. The lowest BCUT2D eigenvalue weighted by Gasteiger charge is -2.58. The third-order valence-electron chi connectivity index (χ3n) is 22.2. The molecule has 5 fully saturated rings. The third-order valence-corrected chi connectivity index (χ3v) is 35.8. The molecule has 5 amide bonds. The number of likely N-dealkylation sites (tertiary alicyclic amines) is 1. The number of cyclic esters (lactones) is 1. The number of carbonyl (C=O) groups is 6. The molecule has 2 N–H and O–H groups in total. The Hall–Kier alpha value is -7.28. The second-order valence-corrected chi connectivity index (χ2v) is 50.6. The number of anilines is 2. The molecule has 0 aliphatic carbocycles. The molecule has 5 saturated heterocycles. The van der Waals surface area contributed by atoms with Crippen LogP contribution in [0.1, 0.15) is 170 Å². The molecule has 4 aromatic rings. The molecule has 115 heavy (non-hydrogen) atoms. The molecule has 0 unspecified atom stereocenters. The van der Waals surface area contributed by atoms with Crippen LogP contribution >= 0.6 is 0 Å². The zero-order valence-electron chi connectivity index (χ0n) is 72.5.